The number of nitrogens with one attached hydrogen (secondary N) is 2. The molecule has 1 saturated carbocycles. The minimum atomic E-state index is -4.46. The Hall–Kier alpha value is -2.82. The van der Waals surface area contributed by atoms with Crippen molar-refractivity contribution in [2.24, 2.45) is 5.41 Å². The second-order valence-electron chi connectivity index (χ2n) is 10.2. The predicted molar refractivity (Wildman–Crippen MR) is 120 cm³/mol. The number of aromatic nitrogens is 3. The number of alkyl halides is 3. The summed E-state index contributed by atoms with van der Waals surface area (Å²) >= 11 is 0. The SMILES string of the molecule is C[C@@H]1CN(c2ncc(C(F)(F)F)cn2)C[C@H](C)N1C(=O)NC1CC2(C1)CN(Cc1ccc[nH]1)C2. The maximum Gasteiger partial charge on any atom is 0.419 e. The van der Waals surface area contributed by atoms with Gasteiger partial charge in [-0.3, -0.25) is 4.90 Å². The topological polar surface area (TPSA) is 80.4 Å². The summed E-state index contributed by atoms with van der Waals surface area (Å²) in [5.74, 6) is 0.251. The van der Waals surface area contributed by atoms with E-state index in [4.69, 9.17) is 0 Å². The van der Waals surface area contributed by atoms with Crippen LogP contribution in [0.3, 0.4) is 0 Å². The fourth-order valence-electron chi connectivity index (χ4n) is 5.83. The summed E-state index contributed by atoms with van der Waals surface area (Å²) in [5, 5.41) is 3.20. The van der Waals surface area contributed by atoms with Gasteiger partial charge in [0.2, 0.25) is 5.95 Å². The van der Waals surface area contributed by atoms with E-state index in [1.807, 2.05) is 35.9 Å². The van der Waals surface area contributed by atoms with E-state index >= 15 is 0 Å². The number of carbonyl (C=O) groups excluding carboxylic acids is 1. The third-order valence-electron chi connectivity index (χ3n) is 7.26. The first kappa shape index (κ1) is 22.9. The molecule has 2 aromatic rings. The number of hydrogen-bond donors (Lipinski definition) is 2. The summed E-state index contributed by atoms with van der Waals surface area (Å²) in [5.41, 5.74) is 0.691. The van der Waals surface area contributed by atoms with Crippen molar-refractivity contribution in [3.63, 3.8) is 0 Å². The summed E-state index contributed by atoms with van der Waals surface area (Å²) in [7, 11) is 0. The lowest BCUT2D eigenvalue weighted by molar-refractivity contribution is -0.138. The molecule has 2 aliphatic heterocycles. The lowest BCUT2D eigenvalue weighted by Crippen LogP contribution is -2.68. The Morgan fingerprint density at radius 1 is 1.18 bits per heavy atom. The molecule has 0 aromatic carbocycles. The van der Waals surface area contributed by atoms with Crippen LogP contribution in [0.2, 0.25) is 0 Å². The fourth-order valence-corrected chi connectivity index (χ4v) is 5.83. The number of aromatic amines is 1. The highest BCUT2D eigenvalue weighted by molar-refractivity contribution is 5.76. The Morgan fingerprint density at radius 3 is 2.38 bits per heavy atom. The Bertz CT molecular complexity index is 985. The molecular formula is C23H30F3N7O. The highest BCUT2D eigenvalue weighted by atomic mass is 19.4. The van der Waals surface area contributed by atoms with E-state index in [0.717, 1.165) is 44.9 Å². The molecule has 34 heavy (non-hydrogen) atoms. The normalized spacial score (nSPS) is 25.2. The van der Waals surface area contributed by atoms with Gasteiger partial charge >= 0.3 is 12.2 Å². The van der Waals surface area contributed by atoms with Crippen LogP contribution in [-0.4, -0.2) is 75.1 Å². The highest BCUT2D eigenvalue weighted by Crippen LogP contribution is 2.48. The molecule has 184 valence electrons. The third-order valence-corrected chi connectivity index (χ3v) is 7.26. The Kier molecular flexibility index (Phi) is 5.70. The molecule has 3 aliphatic rings. The molecule has 0 bridgehead atoms. The number of urea groups is 1. The van der Waals surface area contributed by atoms with E-state index in [9.17, 15) is 18.0 Å². The smallest absolute Gasteiger partial charge is 0.364 e. The van der Waals surface area contributed by atoms with Crippen molar-refractivity contribution >= 4 is 12.0 Å². The minimum Gasteiger partial charge on any atom is -0.364 e. The summed E-state index contributed by atoms with van der Waals surface area (Å²) in [4.78, 5) is 30.2. The fraction of sp³-hybridized carbons (Fsp3) is 0.609. The number of halogens is 3. The lowest BCUT2D eigenvalue weighted by Gasteiger charge is -2.59. The van der Waals surface area contributed by atoms with Crippen LogP contribution in [0.5, 0.6) is 0 Å². The van der Waals surface area contributed by atoms with Crippen molar-refractivity contribution in [3.8, 4) is 0 Å². The van der Waals surface area contributed by atoms with Gasteiger partial charge in [0.15, 0.2) is 0 Å². The van der Waals surface area contributed by atoms with Crippen LogP contribution in [-0.2, 0) is 12.7 Å². The first-order valence-corrected chi connectivity index (χ1v) is 11.7. The number of amides is 2. The van der Waals surface area contributed by atoms with Crippen molar-refractivity contribution < 1.29 is 18.0 Å². The minimum absolute atomic E-state index is 0.0737. The van der Waals surface area contributed by atoms with E-state index in [2.05, 4.69) is 31.2 Å². The Balaban J connectivity index is 1.10. The van der Waals surface area contributed by atoms with Gasteiger partial charge in [-0.25, -0.2) is 14.8 Å². The number of rotatable bonds is 4. The zero-order chi connectivity index (χ0) is 24.1. The maximum absolute atomic E-state index is 13.0. The number of piperazine rings is 1. The first-order chi connectivity index (χ1) is 16.1. The highest BCUT2D eigenvalue weighted by Gasteiger charge is 2.52. The van der Waals surface area contributed by atoms with Crippen LogP contribution >= 0.6 is 0 Å². The van der Waals surface area contributed by atoms with Gasteiger partial charge in [-0.15, -0.1) is 0 Å². The Labute approximate surface area is 196 Å². The van der Waals surface area contributed by atoms with Crippen LogP contribution in [0, 0.1) is 5.41 Å². The van der Waals surface area contributed by atoms with Crippen molar-refractivity contribution in [3.05, 3.63) is 42.0 Å². The van der Waals surface area contributed by atoms with Crippen molar-refractivity contribution in [2.45, 2.75) is 57.5 Å². The van der Waals surface area contributed by atoms with E-state index in [1.165, 1.54) is 5.69 Å². The van der Waals surface area contributed by atoms with Crippen molar-refractivity contribution in [1.29, 1.82) is 0 Å². The predicted octanol–water partition coefficient (Wildman–Crippen LogP) is 3.10. The zero-order valence-electron chi connectivity index (χ0n) is 19.3. The number of H-pyrrole nitrogens is 1. The molecule has 3 fully saturated rings. The molecule has 11 heteroatoms. The summed E-state index contributed by atoms with van der Waals surface area (Å²) in [6, 6.07) is 3.98. The standard InChI is InChI=1S/C23H30F3N7O/c1-15-10-32(20-28-8-17(9-29-20)23(24,25)26)11-16(2)33(15)21(34)30-19-6-22(7-19)13-31(14-22)12-18-4-3-5-27-18/h3-5,8-9,15-16,19,27H,6-7,10-14H2,1-2H3,(H,30,34)/t15-,16+. The first-order valence-electron chi connectivity index (χ1n) is 11.7. The van der Waals surface area contributed by atoms with E-state index in [1.54, 1.807) is 0 Å². The molecule has 2 N–H and O–H groups in total. The van der Waals surface area contributed by atoms with Crippen LogP contribution in [0.1, 0.15) is 37.9 Å². The molecule has 2 aromatic heterocycles. The molecule has 0 unspecified atom stereocenters. The largest absolute Gasteiger partial charge is 0.419 e. The van der Waals surface area contributed by atoms with Gasteiger partial charge in [0.25, 0.3) is 0 Å². The van der Waals surface area contributed by atoms with Gasteiger partial charge in [-0.1, -0.05) is 0 Å². The molecule has 1 spiro atoms. The van der Waals surface area contributed by atoms with Crippen LogP contribution in [0.15, 0.2) is 30.7 Å². The quantitative estimate of drug-likeness (QED) is 0.708. The summed E-state index contributed by atoms with van der Waals surface area (Å²) in [6.07, 6.45) is 1.10. The van der Waals surface area contributed by atoms with Gasteiger partial charge in [0.05, 0.1) is 5.56 Å². The van der Waals surface area contributed by atoms with Crippen LogP contribution in [0.25, 0.3) is 0 Å². The van der Waals surface area contributed by atoms with E-state index in [-0.39, 0.29) is 30.1 Å². The molecule has 8 nitrogen and oxygen atoms in total. The van der Waals surface area contributed by atoms with Gasteiger partial charge in [0.1, 0.15) is 0 Å². The Morgan fingerprint density at radius 2 is 1.82 bits per heavy atom. The van der Waals surface area contributed by atoms with Gasteiger partial charge in [-0.2, -0.15) is 13.2 Å². The second-order valence-corrected chi connectivity index (χ2v) is 10.2. The molecular weight excluding hydrogens is 447 g/mol. The average Bonchev–Trinajstić information content (AvgIpc) is 3.22. The molecule has 2 atom stereocenters. The van der Waals surface area contributed by atoms with Crippen molar-refractivity contribution in [1.82, 2.24) is 30.1 Å². The number of carbonyl (C=O) groups is 1. The van der Waals surface area contributed by atoms with Crippen LogP contribution in [0.4, 0.5) is 23.9 Å². The van der Waals surface area contributed by atoms with Crippen molar-refractivity contribution in [2.75, 3.05) is 31.1 Å². The zero-order valence-corrected chi connectivity index (χ0v) is 19.3. The summed E-state index contributed by atoms with van der Waals surface area (Å²) in [6.45, 7) is 7.89. The van der Waals surface area contributed by atoms with E-state index in [0.29, 0.717) is 18.5 Å². The third kappa shape index (κ3) is 4.45. The molecule has 5 rings (SSSR count). The number of likely N-dealkylation sites (tertiary alicyclic amines) is 1. The molecule has 2 amide bonds. The van der Waals surface area contributed by atoms with Gasteiger partial charge in [0, 0.05) is 75.1 Å². The molecule has 2 saturated heterocycles. The molecule has 0 radical (unpaired) electrons. The maximum atomic E-state index is 13.0. The molecule has 1 aliphatic carbocycles. The summed E-state index contributed by atoms with van der Waals surface area (Å²) < 4.78 is 38.4. The number of nitrogens with zero attached hydrogens (tertiary/aromatic N) is 5. The second kappa shape index (κ2) is 8.44. The molecule has 4 heterocycles. The van der Waals surface area contributed by atoms with E-state index < -0.39 is 11.7 Å². The lowest BCUT2D eigenvalue weighted by atomic mass is 9.60. The average molecular weight is 478 g/mol. The van der Waals surface area contributed by atoms with Gasteiger partial charge in [-0.05, 0) is 44.2 Å². The van der Waals surface area contributed by atoms with Crippen LogP contribution < -0.4 is 10.2 Å². The monoisotopic (exact) mass is 477 g/mol. The number of anilines is 1. The number of hydrogen-bond acceptors (Lipinski definition) is 5. The van der Waals surface area contributed by atoms with Gasteiger partial charge < -0.3 is 20.1 Å².